The highest BCUT2D eigenvalue weighted by Gasteiger charge is 2.27. The van der Waals surface area contributed by atoms with Crippen molar-refractivity contribution < 1.29 is 4.79 Å². The van der Waals surface area contributed by atoms with E-state index < -0.39 is 0 Å². The number of carbonyl (C=O) groups excluding carboxylic acids is 1. The Morgan fingerprint density at radius 2 is 1.59 bits per heavy atom. The van der Waals surface area contributed by atoms with E-state index in [1.807, 2.05) is 35.5 Å². The maximum atomic E-state index is 12.8. The summed E-state index contributed by atoms with van der Waals surface area (Å²) >= 11 is 3.43. The Kier molecular flexibility index (Phi) is 7.87. The van der Waals surface area contributed by atoms with Crippen molar-refractivity contribution in [2.75, 3.05) is 29.0 Å². The number of likely N-dealkylation sites (tertiary alicyclic amines) is 1. The van der Waals surface area contributed by atoms with Gasteiger partial charge in [0, 0.05) is 47.4 Å². The van der Waals surface area contributed by atoms with Gasteiger partial charge < -0.3 is 31.2 Å². The van der Waals surface area contributed by atoms with E-state index in [0.29, 0.717) is 37.2 Å². The van der Waals surface area contributed by atoms with Gasteiger partial charge in [0.1, 0.15) is 0 Å². The number of hydrogen-bond donors (Lipinski definition) is 4. The SMILES string of the molecule is NC1CCC(Nc2nc(NC3CCN(C(=O)Nc4ccc(Br)cc4)CC3)c3ncn(C4CCCC4)c3n2)CC1. The van der Waals surface area contributed by atoms with Crippen LogP contribution >= 0.6 is 15.9 Å². The van der Waals surface area contributed by atoms with E-state index in [2.05, 4.69) is 36.4 Å². The van der Waals surface area contributed by atoms with Gasteiger partial charge in [0.25, 0.3) is 0 Å². The van der Waals surface area contributed by atoms with Gasteiger partial charge in [0.15, 0.2) is 17.0 Å². The van der Waals surface area contributed by atoms with Crippen LogP contribution in [0.5, 0.6) is 0 Å². The standard InChI is InChI=1S/C28H38BrN9O/c29-18-5-9-21(10-6-18)34-28(39)37-15-13-22(14-16-37)32-25-24-26(38(17-31-24)23-3-1-2-4-23)36-27(35-25)33-20-11-7-19(30)8-12-20/h5-6,9-10,17,19-20,22-23H,1-4,7-8,11-16,30H2,(H,34,39)(H2,32,33,35,36). The zero-order valence-corrected chi connectivity index (χ0v) is 23.9. The van der Waals surface area contributed by atoms with Crippen molar-refractivity contribution in [3.8, 4) is 0 Å². The Morgan fingerprint density at radius 3 is 2.31 bits per heavy atom. The van der Waals surface area contributed by atoms with Gasteiger partial charge in [-0.2, -0.15) is 9.97 Å². The van der Waals surface area contributed by atoms with Gasteiger partial charge in [-0.15, -0.1) is 0 Å². The lowest BCUT2D eigenvalue weighted by Crippen LogP contribution is -2.44. The molecule has 2 aliphatic carbocycles. The van der Waals surface area contributed by atoms with Crippen molar-refractivity contribution in [3.63, 3.8) is 0 Å². The molecule has 5 N–H and O–H groups in total. The highest BCUT2D eigenvalue weighted by Crippen LogP contribution is 2.34. The predicted octanol–water partition coefficient (Wildman–Crippen LogP) is 5.49. The normalized spacial score (nSPS) is 22.8. The monoisotopic (exact) mass is 595 g/mol. The summed E-state index contributed by atoms with van der Waals surface area (Å²) in [6.45, 7) is 1.36. The molecule has 3 aromatic rings. The second kappa shape index (κ2) is 11.7. The molecule has 1 aliphatic heterocycles. The molecule has 3 fully saturated rings. The fourth-order valence-electron chi connectivity index (χ4n) is 6.13. The summed E-state index contributed by atoms with van der Waals surface area (Å²) in [5.74, 6) is 1.45. The lowest BCUT2D eigenvalue weighted by Gasteiger charge is -2.32. The number of urea groups is 1. The minimum absolute atomic E-state index is 0.0609. The summed E-state index contributed by atoms with van der Waals surface area (Å²) in [6.07, 6.45) is 12.6. The van der Waals surface area contributed by atoms with Gasteiger partial charge in [-0.05, 0) is 75.6 Å². The molecule has 0 bridgehead atoms. The van der Waals surface area contributed by atoms with Crippen LogP contribution in [0.4, 0.5) is 22.2 Å². The Labute approximate surface area is 237 Å². The molecule has 2 aromatic heterocycles. The second-order valence-corrected chi connectivity index (χ2v) is 12.2. The van der Waals surface area contributed by atoms with Gasteiger partial charge in [0.2, 0.25) is 5.95 Å². The highest BCUT2D eigenvalue weighted by atomic mass is 79.9. The van der Waals surface area contributed by atoms with Crippen LogP contribution in [0, 0.1) is 0 Å². The molecule has 3 heterocycles. The lowest BCUT2D eigenvalue weighted by molar-refractivity contribution is 0.197. The Bertz CT molecular complexity index is 1270. The van der Waals surface area contributed by atoms with Crippen LogP contribution < -0.4 is 21.7 Å². The van der Waals surface area contributed by atoms with Crippen LogP contribution in [-0.4, -0.2) is 61.7 Å². The van der Waals surface area contributed by atoms with Crippen molar-refractivity contribution >= 4 is 50.6 Å². The number of halogens is 1. The predicted molar refractivity (Wildman–Crippen MR) is 158 cm³/mol. The van der Waals surface area contributed by atoms with E-state index in [0.717, 1.165) is 65.7 Å². The number of anilines is 3. The fraction of sp³-hybridized carbons (Fsp3) is 0.571. The number of nitrogens with one attached hydrogen (secondary N) is 3. The first-order chi connectivity index (χ1) is 19.0. The number of nitrogens with zero attached hydrogens (tertiary/aromatic N) is 5. The van der Waals surface area contributed by atoms with E-state index >= 15 is 0 Å². The van der Waals surface area contributed by atoms with E-state index in [1.54, 1.807) is 0 Å². The molecule has 1 saturated heterocycles. The second-order valence-electron chi connectivity index (χ2n) is 11.3. The Balaban J connectivity index is 1.15. The summed E-state index contributed by atoms with van der Waals surface area (Å²) in [6, 6.07) is 8.88. The summed E-state index contributed by atoms with van der Waals surface area (Å²) in [4.78, 5) is 29.4. The Hall–Kier alpha value is -2.92. The largest absolute Gasteiger partial charge is 0.365 e. The average molecular weight is 597 g/mol. The number of hydrogen-bond acceptors (Lipinski definition) is 7. The molecule has 6 rings (SSSR count). The molecule has 1 aromatic carbocycles. The van der Waals surface area contributed by atoms with Crippen LogP contribution in [0.15, 0.2) is 35.1 Å². The number of carbonyl (C=O) groups is 1. The van der Waals surface area contributed by atoms with Crippen molar-refractivity contribution in [2.24, 2.45) is 5.73 Å². The number of fused-ring (bicyclic) bond motifs is 1. The number of imidazole rings is 1. The van der Waals surface area contributed by atoms with E-state index in [1.165, 1.54) is 25.7 Å². The summed E-state index contributed by atoms with van der Waals surface area (Å²) < 4.78 is 3.24. The van der Waals surface area contributed by atoms with E-state index in [-0.39, 0.29) is 12.1 Å². The third-order valence-electron chi connectivity index (χ3n) is 8.46. The van der Waals surface area contributed by atoms with Gasteiger partial charge in [-0.1, -0.05) is 28.8 Å². The first kappa shape index (κ1) is 26.3. The number of benzene rings is 1. The molecule has 10 nitrogen and oxygen atoms in total. The quantitative estimate of drug-likeness (QED) is 0.296. The van der Waals surface area contributed by atoms with Crippen molar-refractivity contribution in [2.45, 2.75) is 88.4 Å². The third-order valence-corrected chi connectivity index (χ3v) is 8.99. The number of piperidine rings is 1. The van der Waals surface area contributed by atoms with Gasteiger partial charge >= 0.3 is 6.03 Å². The smallest absolute Gasteiger partial charge is 0.321 e. The fourth-order valence-corrected chi connectivity index (χ4v) is 6.40. The topological polar surface area (TPSA) is 126 Å². The molecule has 0 radical (unpaired) electrons. The van der Waals surface area contributed by atoms with Gasteiger partial charge in [-0.25, -0.2) is 9.78 Å². The maximum absolute atomic E-state index is 12.8. The third kappa shape index (κ3) is 6.14. The molecule has 39 heavy (non-hydrogen) atoms. The van der Waals surface area contributed by atoms with Crippen molar-refractivity contribution in [1.29, 1.82) is 0 Å². The van der Waals surface area contributed by atoms with E-state index in [9.17, 15) is 4.79 Å². The van der Waals surface area contributed by atoms with Gasteiger partial charge in [-0.3, -0.25) is 0 Å². The Morgan fingerprint density at radius 1 is 0.897 bits per heavy atom. The summed E-state index contributed by atoms with van der Waals surface area (Å²) in [5, 5.41) is 10.3. The zero-order chi connectivity index (χ0) is 26.8. The highest BCUT2D eigenvalue weighted by molar-refractivity contribution is 9.10. The molecular weight excluding hydrogens is 558 g/mol. The molecule has 3 aliphatic rings. The number of rotatable bonds is 6. The van der Waals surface area contributed by atoms with E-state index in [4.69, 9.17) is 20.7 Å². The number of amides is 2. The van der Waals surface area contributed by atoms with Crippen molar-refractivity contribution in [3.05, 3.63) is 35.1 Å². The molecular formula is C28H38BrN9O. The molecule has 208 valence electrons. The average Bonchev–Trinajstić information content (AvgIpc) is 3.62. The molecule has 0 unspecified atom stereocenters. The molecule has 2 saturated carbocycles. The summed E-state index contributed by atoms with van der Waals surface area (Å²) in [7, 11) is 0. The lowest BCUT2D eigenvalue weighted by atomic mass is 9.92. The number of nitrogens with two attached hydrogens (primary N) is 1. The van der Waals surface area contributed by atoms with Crippen molar-refractivity contribution in [1.82, 2.24) is 24.4 Å². The molecule has 2 amide bonds. The van der Waals surface area contributed by atoms with Gasteiger partial charge in [0.05, 0.1) is 6.33 Å². The number of aromatic nitrogens is 4. The van der Waals surface area contributed by atoms with Crippen LogP contribution in [0.3, 0.4) is 0 Å². The summed E-state index contributed by atoms with van der Waals surface area (Å²) in [5.41, 5.74) is 8.66. The van der Waals surface area contributed by atoms with Crippen LogP contribution in [0.25, 0.3) is 11.2 Å². The molecule has 0 atom stereocenters. The molecule has 11 heteroatoms. The zero-order valence-electron chi connectivity index (χ0n) is 22.3. The first-order valence-corrected chi connectivity index (χ1v) is 15.2. The van der Waals surface area contributed by atoms with Crippen LogP contribution in [0.2, 0.25) is 0 Å². The maximum Gasteiger partial charge on any atom is 0.321 e. The minimum Gasteiger partial charge on any atom is -0.365 e. The van der Waals surface area contributed by atoms with Crippen LogP contribution in [-0.2, 0) is 0 Å². The minimum atomic E-state index is -0.0609. The molecule has 0 spiro atoms. The van der Waals surface area contributed by atoms with Crippen LogP contribution in [0.1, 0.15) is 70.3 Å². The first-order valence-electron chi connectivity index (χ1n) is 14.4.